The van der Waals surface area contributed by atoms with Gasteiger partial charge < -0.3 is 24.6 Å². The second-order valence-corrected chi connectivity index (χ2v) is 8.46. The summed E-state index contributed by atoms with van der Waals surface area (Å²) < 4.78 is 22.9. The highest BCUT2D eigenvalue weighted by molar-refractivity contribution is 5.97. The molecule has 0 unspecified atom stereocenters. The summed E-state index contributed by atoms with van der Waals surface area (Å²) in [6.45, 7) is 4.56. The predicted octanol–water partition coefficient (Wildman–Crippen LogP) is 2.37. The van der Waals surface area contributed by atoms with Gasteiger partial charge in [0.05, 0.1) is 16.9 Å². The number of benzene rings is 1. The van der Waals surface area contributed by atoms with Crippen LogP contribution in [0.25, 0.3) is 10.9 Å². The van der Waals surface area contributed by atoms with E-state index in [1.54, 1.807) is 4.57 Å². The van der Waals surface area contributed by atoms with Gasteiger partial charge in [-0.05, 0) is 44.7 Å². The Kier molecular flexibility index (Phi) is 4.27. The molecule has 1 aromatic heterocycles. The molecule has 2 aromatic rings. The third kappa shape index (κ3) is 3.06. The van der Waals surface area contributed by atoms with Gasteiger partial charge in [0.2, 0.25) is 5.43 Å². The summed E-state index contributed by atoms with van der Waals surface area (Å²) in [6.07, 6.45) is 4.80. The standard InChI is InChI=1S/C21H24FN3O4/c1-11-10-29-20-17-14(19(26)15(21(27)28)9-25(11)17)6-16(22)18(20)24-5-4-12(8-24)7-23-13-2-3-13/h6,9,11-13,23H,2-5,7-8,10H2,1H3,(H,27,28)/t11-,12-/m0/s1. The molecule has 29 heavy (non-hydrogen) atoms. The van der Waals surface area contributed by atoms with E-state index in [1.807, 2.05) is 11.8 Å². The molecule has 1 aliphatic carbocycles. The number of carbonyl (C=O) groups is 1. The van der Waals surface area contributed by atoms with Crippen molar-refractivity contribution < 1.29 is 19.0 Å². The zero-order valence-electron chi connectivity index (χ0n) is 16.3. The van der Waals surface area contributed by atoms with Crippen LogP contribution in [0.2, 0.25) is 0 Å². The molecule has 8 heteroatoms. The van der Waals surface area contributed by atoms with E-state index in [2.05, 4.69) is 5.32 Å². The Hall–Kier alpha value is -2.61. The highest BCUT2D eigenvalue weighted by Crippen LogP contribution is 2.43. The first-order valence-corrected chi connectivity index (χ1v) is 10.2. The zero-order valence-corrected chi connectivity index (χ0v) is 16.3. The van der Waals surface area contributed by atoms with Gasteiger partial charge in [0, 0.05) is 25.3 Å². The molecular weight excluding hydrogens is 377 g/mol. The number of nitrogens with zero attached hydrogens (tertiary/aromatic N) is 2. The fraction of sp³-hybridized carbons (Fsp3) is 0.524. The highest BCUT2D eigenvalue weighted by Gasteiger charge is 2.33. The van der Waals surface area contributed by atoms with Crippen molar-refractivity contribution in [2.24, 2.45) is 5.92 Å². The SMILES string of the molecule is C[C@H]1COc2c(N3CC[C@@H](CNC4CC4)C3)c(F)cc3c(=O)c(C(=O)O)cn1c23. The van der Waals surface area contributed by atoms with Gasteiger partial charge in [-0.3, -0.25) is 4.79 Å². The first-order valence-electron chi connectivity index (χ1n) is 10.2. The Morgan fingerprint density at radius 2 is 2.17 bits per heavy atom. The number of anilines is 1. The van der Waals surface area contributed by atoms with E-state index in [4.69, 9.17) is 4.74 Å². The molecule has 154 valence electrons. The molecule has 2 fully saturated rings. The van der Waals surface area contributed by atoms with Gasteiger partial charge >= 0.3 is 5.97 Å². The normalized spacial score (nSPS) is 23.4. The Bertz CT molecular complexity index is 1060. The predicted molar refractivity (Wildman–Crippen MR) is 107 cm³/mol. The summed E-state index contributed by atoms with van der Waals surface area (Å²) in [5, 5.41) is 13.0. The van der Waals surface area contributed by atoms with Gasteiger partial charge in [0.15, 0.2) is 11.6 Å². The molecule has 2 atom stereocenters. The molecule has 1 saturated heterocycles. The number of nitrogens with one attached hydrogen (secondary N) is 1. The molecule has 1 aromatic carbocycles. The maximum absolute atomic E-state index is 15.2. The third-order valence-corrected chi connectivity index (χ3v) is 6.25. The quantitative estimate of drug-likeness (QED) is 0.800. The molecule has 0 spiro atoms. The van der Waals surface area contributed by atoms with E-state index >= 15 is 4.39 Å². The van der Waals surface area contributed by atoms with Crippen LogP contribution in [0.15, 0.2) is 17.1 Å². The van der Waals surface area contributed by atoms with Crippen molar-refractivity contribution in [1.82, 2.24) is 9.88 Å². The number of pyridine rings is 1. The largest absolute Gasteiger partial charge is 0.487 e. The fourth-order valence-electron chi connectivity index (χ4n) is 4.48. The zero-order chi connectivity index (χ0) is 20.3. The summed E-state index contributed by atoms with van der Waals surface area (Å²) in [4.78, 5) is 26.2. The van der Waals surface area contributed by atoms with Crippen LogP contribution >= 0.6 is 0 Å². The van der Waals surface area contributed by atoms with Crippen molar-refractivity contribution in [1.29, 1.82) is 0 Å². The van der Waals surface area contributed by atoms with Gasteiger partial charge in [0.1, 0.15) is 17.9 Å². The molecule has 3 heterocycles. The second-order valence-electron chi connectivity index (χ2n) is 8.46. The monoisotopic (exact) mass is 401 g/mol. The summed E-state index contributed by atoms with van der Waals surface area (Å²) >= 11 is 0. The third-order valence-electron chi connectivity index (χ3n) is 6.25. The number of aromatic nitrogens is 1. The number of carboxylic acids is 1. The molecule has 3 aliphatic rings. The molecule has 7 nitrogen and oxygen atoms in total. The summed E-state index contributed by atoms with van der Waals surface area (Å²) in [7, 11) is 0. The first-order chi connectivity index (χ1) is 13.9. The van der Waals surface area contributed by atoms with E-state index in [0.717, 1.165) is 26.1 Å². The van der Waals surface area contributed by atoms with Gasteiger partial charge in [0.25, 0.3) is 0 Å². The van der Waals surface area contributed by atoms with Gasteiger partial charge in [-0.25, -0.2) is 9.18 Å². The van der Waals surface area contributed by atoms with Crippen LogP contribution < -0.4 is 20.4 Å². The van der Waals surface area contributed by atoms with Gasteiger partial charge in [-0.15, -0.1) is 0 Å². The number of rotatable bonds is 5. The molecule has 0 radical (unpaired) electrons. The van der Waals surface area contributed by atoms with Crippen LogP contribution in [-0.2, 0) is 0 Å². The minimum Gasteiger partial charge on any atom is -0.487 e. The molecule has 0 bridgehead atoms. The van der Waals surface area contributed by atoms with Crippen LogP contribution in [-0.4, -0.2) is 47.9 Å². The maximum atomic E-state index is 15.2. The smallest absolute Gasteiger partial charge is 0.341 e. The summed E-state index contributed by atoms with van der Waals surface area (Å²) in [5.74, 6) is -1.06. The molecule has 1 saturated carbocycles. The number of hydrogen-bond acceptors (Lipinski definition) is 5. The van der Waals surface area contributed by atoms with Gasteiger partial charge in [-0.2, -0.15) is 0 Å². The minimum atomic E-state index is -1.31. The topological polar surface area (TPSA) is 83.8 Å². The molecule has 2 N–H and O–H groups in total. The van der Waals surface area contributed by atoms with Crippen molar-refractivity contribution in [3.05, 3.63) is 33.9 Å². The van der Waals surface area contributed by atoms with E-state index in [1.165, 1.54) is 25.1 Å². The van der Waals surface area contributed by atoms with E-state index < -0.39 is 17.2 Å². The number of aromatic carboxylic acids is 1. The lowest BCUT2D eigenvalue weighted by Gasteiger charge is -2.31. The Balaban J connectivity index is 1.59. The summed E-state index contributed by atoms with van der Waals surface area (Å²) in [5.41, 5.74) is -0.165. The lowest BCUT2D eigenvalue weighted by molar-refractivity contribution is 0.0694. The molecule has 0 amide bonds. The Morgan fingerprint density at radius 1 is 1.38 bits per heavy atom. The minimum absolute atomic E-state index is 0.0545. The fourth-order valence-corrected chi connectivity index (χ4v) is 4.48. The molecular formula is C21H24FN3O4. The Labute approximate surface area is 167 Å². The summed E-state index contributed by atoms with van der Waals surface area (Å²) in [6, 6.07) is 1.66. The van der Waals surface area contributed by atoms with Crippen molar-refractivity contribution >= 4 is 22.6 Å². The van der Waals surface area contributed by atoms with Crippen molar-refractivity contribution in [3.8, 4) is 5.75 Å². The van der Waals surface area contributed by atoms with Crippen LogP contribution in [0.4, 0.5) is 10.1 Å². The second kappa shape index (κ2) is 6.73. The van der Waals surface area contributed by atoms with Crippen molar-refractivity contribution in [2.45, 2.75) is 38.3 Å². The van der Waals surface area contributed by atoms with Crippen LogP contribution in [0.1, 0.15) is 42.6 Å². The number of hydrogen-bond donors (Lipinski definition) is 2. The van der Waals surface area contributed by atoms with Gasteiger partial charge in [-0.1, -0.05) is 0 Å². The van der Waals surface area contributed by atoms with Crippen LogP contribution in [0.3, 0.4) is 0 Å². The number of halogens is 1. The van der Waals surface area contributed by atoms with E-state index in [0.29, 0.717) is 35.5 Å². The van der Waals surface area contributed by atoms with Crippen LogP contribution in [0, 0.1) is 11.7 Å². The average molecular weight is 401 g/mol. The Morgan fingerprint density at radius 3 is 2.90 bits per heavy atom. The number of ether oxygens (including phenoxy) is 1. The first kappa shape index (κ1) is 18.4. The van der Waals surface area contributed by atoms with E-state index in [9.17, 15) is 14.7 Å². The van der Waals surface area contributed by atoms with Crippen LogP contribution in [0.5, 0.6) is 5.75 Å². The molecule has 2 aliphatic heterocycles. The van der Waals surface area contributed by atoms with Crippen molar-refractivity contribution in [2.75, 3.05) is 31.1 Å². The highest BCUT2D eigenvalue weighted by atomic mass is 19.1. The number of carboxylic acid groups (broad SMARTS) is 1. The average Bonchev–Trinajstić information content (AvgIpc) is 3.41. The molecule has 5 rings (SSSR count). The lowest BCUT2D eigenvalue weighted by Crippen LogP contribution is -2.30. The lowest BCUT2D eigenvalue weighted by atomic mass is 10.1. The van der Waals surface area contributed by atoms with E-state index in [-0.39, 0.29) is 17.0 Å². The van der Waals surface area contributed by atoms with Crippen molar-refractivity contribution in [3.63, 3.8) is 0 Å². The maximum Gasteiger partial charge on any atom is 0.341 e.